The van der Waals surface area contributed by atoms with E-state index in [0.29, 0.717) is 6.04 Å². The monoisotopic (exact) mass is 246 g/mol. The number of pyridine rings is 1. The van der Waals surface area contributed by atoms with E-state index in [1.165, 1.54) is 22.5 Å². The third-order valence-corrected chi connectivity index (χ3v) is 3.80. The molecule has 0 amide bonds. The molecular weight excluding hydrogens is 228 g/mol. The normalized spacial score (nSPS) is 12.4. The molecule has 1 unspecified atom stereocenters. The van der Waals surface area contributed by atoms with Crippen molar-refractivity contribution in [3.63, 3.8) is 0 Å². The molecular formula is C14H18N2S. The van der Waals surface area contributed by atoms with Crippen molar-refractivity contribution in [3.05, 3.63) is 46.4 Å². The van der Waals surface area contributed by atoms with Crippen molar-refractivity contribution >= 4 is 17.0 Å². The Morgan fingerprint density at radius 3 is 2.94 bits per heavy atom. The molecule has 0 aliphatic rings. The Hall–Kier alpha value is -1.35. The van der Waals surface area contributed by atoms with Gasteiger partial charge in [-0.2, -0.15) is 0 Å². The predicted octanol–water partition coefficient (Wildman–Crippen LogP) is 4.40. The van der Waals surface area contributed by atoms with Crippen LogP contribution in [-0.2, 0) is 0 Å². The molecule has 2 aromatic rings. The molecule has 0 radical (unpaired) electrons. The molecule has 3 heteroatoms. The van der Waals surface area contributed by atoms with E-state index in [-0.39, 0.29) is 0 Å². The highest BCUT2D eigenvalue weighted by atomic mass is 32.1. The van der Waals surface area contributed by atoms with Crippen LogP contribution >= 0.6 is 11.3 Å². The van der Waals surface area contributed by atoms with E-state index in [4.69, 9.17) is 0 Å². The van der Waals surface area contributed by atoms with Crippen LogP contribution in [0.1, 0.15) is 36.2 Å². The summed E-state index contributed by atoms with van der Waals surface area (Å²) < 4.78 is 0. The minimum Gasteiger partial charge on any atom is -0.377 e. The van der Waals surface area contributed by atoms with Gasteiger partial charge in [0.05, 0.1) is 6.04 Å². The second-order valence-corrected chi connectivity index (χ2v) is 5.17. The van der Waals surface area contributed by atoms with Crippen LogP contribution in [0.5, 0.6) is 0 Å². The van der Waals surface area contributed by atoms with Crippen LogP contribution in [0, 0.1) is 6.92 Å². The van der Waals surface area contributed by atoms with Crippen molar-refractivity contribution in [2.75, 3.05) is 5.32 Å². The van der Waals surface area contributed by atoms with Crippen LogP contribution in [0.15, 0.2) is 36.0 Å². The number of nitrogens with zero attached hydrogens (tertiary/aromatic N) is 1. The SMILES string of the molecule is CCCC(Nc1ccncc1C)c1cccs1. The van der Waals surface area contributed by atoms with Gasteiger partial charge in [-0.25, -0.2) is 0 Å². The number of aryl methyl sites for hydroxylation is 1. The molecule has 2 rings (SSSR count). The van der Waals surface area contributed by atoms with Gasteiger partial charge in [-0.15, -0.1) is 11.3 Å². The molecule has 2 aromatic heterocycles. The van der Waals surface area contributed by atoms with Gasteiger partial charge in [0.2, 0.25) is 0 Å². The molecule has 0 saturated heterocycles. The summed E-state index contributed by atoms with van der Waals surface area (Å²) in [6, 6.07) is 6.78. The summed E-state index contributed by atoms with van der Waals surface area (Å²) in [7, 11) is 0. The first-order valence-electron chi connectivity index (χ1n) is 6.01. The maximum atomic E-state index is 4.12. The highest BCUT2D eigenvalue weighted by Gasteiger charge is 2.12. The van der Waals surface area contributed by atoms with Crippen LogP contribution in [0.4, 0.5) is 5.69 Å². The molecule has 1 N–H and O–H groups in total. The fourth-order valence-electron chi connectivity index (χ4n) is 1.89. The van der Waals surface area contributed by atoms with Crippen LogP contribution in [-0.4, -0.2) is 4.98 Å². The highest BCUT2D eigenvalue weighted by molar-refractivity contribution is 7.10. The summed E-state index contributed by atoms with van der Waals surface area (Å²) >= 11 is 1.82. The smallest absolute Gasteiger partial charge is 0.0606 e. The zero-order chi connectivity index (χ0) is 12.1. The fourth-order valence-corrected chi connectivity index (χ4v) is 2.70. The first-order chi connectivity index (χ1) is 8.31. The van der Waals surface area contributed by atoms with Gasteiger partial charge in [0.1, 0.15) is 0 Å². The van der Waals surface area contributed by atoms with E-state index in [2.05, 4.69) is 41.7 Å². The van der Waals surface area contributed by atoms with Crippen molar-refractivity contribution < 1.29 is 0 Å². The number of nitrogens with one attached hydrogen (secondary N) is 1. The molecule has 0 spiro atoms. The zero-order valence-electron chi connectivity index (χ0n) is 10.3. The van der Waals surface area contributed by atoms with Crippen LogP contribution in [0.3, 0.4) is 0 Å². The first kappa shape index (κ1) is 12.1. The Morgan fingerprint density at radius 1 is 1.41 bits per heavy atom. The number of aromatic nitrogens is 1. The standard InChI is InChI=1S/C14H18N2S/c1-3-5-13(14-6-4-9-17-14)16-12-7-8-15-10-11(12)2/h4,6-10,13H,3,5H2,1-2H3,(H,15,16). The van der Waals surface area contributed by atoms with Gasteiger partial charge in [0.25, 0.3) is 0 Å². The molecule has 0 bridgehead atoms. The average molecular weight is 246 g/mol. The van der Waals surface area contributed by atoms with E-state index in [1.54, 1.807) is 0 Å². The molecule has 1 atom stereocenters. The Bertz CT molecular complexity index is 451. The highest BCUT2D eigenvalue weighted by Crippen LogP contribution is 2.28. The molecule has 0 fully saturated rings. The molecule has 90 valence electrons. The molecule has 2 heterocycles. The quantitative estimate of drug-likeness (QED) is 0.845. The van der Waals surface area contributed by atoms with Crippen molar-refractivity contribution in [1.29, 1.82) is 0 Å². The van der Waals surface area contributed by atoms with E-state index >= 15 is 0 Å². The molecule has 17 heavy (non-hydrogen) atoms. The van der Waals surface area contributed by atoms with Gasteiger partial charge in [-0.3, -0.25) is 4.98 Å². The minimum absolute atomic E-state index is 0.418. The Kier molecular flexibility index (Phi) is 4.15. The third kappa shape index (κ3) is 3.07. The van der Waals surface area contributed by atoms with Crippen molar-refractivity contribution in [3.8, 4) is 0 Å². The summed E-state index contributed by atoms with van der Waals surface area (Å²) in [5, 5.41) is 5.76. The molecule has 0 aliphatic heterocycles. The van der Waals surface area contributed by atoms with Crippen LogP contribution in [0.2, 0.25) is 0 Å². The number of anilines is 1. The largest absolute Gasteiger partial charge is 0.377 e. The maximum absolute atomic E-state index is 4.12. The number of rotatable bonds is 5. The molecule has 0 aliphatic carbocycles. The molecule has 2 nitrogen and oxygen atoms in total. The van der Waals surface area contributed by atoms with Crippen molar-refractivity contribution in [1.82, 2.24) is 4.98 Å². The summed E-state index contributed by atoms with van der Waals surface area (Å²) in [5.41, 5.74) is 2.39. The Balaban J connectivity index is 2.16. The van der Waals surface area contributed by atoms with Gasteiger partial charge < -0.3 is 5.32 Å². The number of hydrogen-bond acceptors (Lipinski definition) is 3. The lowest BCUT2D eigenvalue weighted by atomic mass is 10.1. The fraction of sp³-hybridized carbons (Fsp3) is 0.357. The minimum atomic E-state index is 0.418. The molecule has 0 saturated carbocycles. The predicted molar refractivity (Wildman–Crippen MR) is 74.6 cm³/mol. The Labute approximate surface area is 107 Å². The van der Waals surface area contributed by atoms with E-state index in [9.17, 15) is 0 Å². The van der Waals surface area contributed by atoms with E-state index in [0.717, 1.165) is 6.42 Å². The van der Waals surface area contributed by atoms with E-state index < -0.39 is 0 Å². The summed E-state index contributed by atoms with van der Waals surface area (Å²) in [6.07, 6.45) is 6.08. The van der Waals surface area contributed by atoms with E-state index in [1.807, 2.05) is 29.8 Å². The second-order valence-electron chi connectivity index (χ2n) is 4.19. The van der Waals surface area contributed by atoms with Gasteiger partial charge in [-0.05, 0) is 36.4 Å². The second kappa shape index (κ2) is 5.82. The first-order valence-corrected chi connectivity index (χ1v) is 6.89. The zero-order valence-corrected chi connectivity index (χ0v) is 11.1. The third-order valence-electron chi connectivity index (χ3n) is 2.81. The number of hydrogen-bond donors (Lipinski definition) is 1. The maximum Gasteiger partial charge on any atom is 0.0606 e. The van der Waals surface area contributed by atoms with Gasteiger partial charge in [-0.1, -0.05) is 19.4 Å². The van der Waals surface area contributed by atoms with Gasteiger partial charge in [0, 0.05) is 23.0 Å². The average Bonchev–Trinajstić information content (AvgIpc) is 2.85. The van der Waals surface area contributed by atoms with Crippen molar-refractivity contribution in [2.24, 2.45) is 0 Å². The van der Waals surface area contributed by atoms with Crippen LogP contribution in [0.25, 0.3) is 0 Å². The van der Waals surface area contributed by atoms with Gasteiger partial charge in [0.15, 0.2) is 0 Å². The topological polar surface area (TPSA) is 24.9 Å². The molecule has 0 aromatic carbocycles. The van der Waals surface area contributed by atoms with Gasteiger partial charge >= 0.3 is 0 Å². The van der Waals surface area contributed by atoms with Crippen molar-refractivity contribution in [2.45, 2.75) is 32.7 Å². The number of thiophene rings is 1. The summed E-state index contributed by atoms with van der Waals surface area (Å²) in [4.78, 5) is 5.53. The lowest BCUT2D eigenvalue weighted by Gasteiger charge is -2.19. The summed E-state index contributed by atoms with van der Waals surface area (Å²) in [6.45, 7) is 4.31. The lowest BCUT2D eigenvalue weighted by molar-refractivity contribution is 0.687. The van der Waals surface area contributed by atoms with Crippen LogP contribution < -0.4 is 5.32 Å². The lowest BCUT2D eigenvalue weighted by Crippen LogP contribution is -2.10. The Morgan fingerprint density at radius 2 is 2.29 bits per heavy atom. The summed E-state index contributed by atoms with van der Waals surface area (Å²) in [5.74, 6) is 0.